The van der Waals surface area contributed by atoms with Crippen molar-refractivity contribution in [3.63, 3.8) is 0 Å². The second kappa shape index (κ2) is 11.0. The van der Waals surface area contributed by atoms with Crippen molar-refractivity contribution >= 4 is 17.6 Å². The van der Waals surface area contributed by atoms with E-state index in [0.717, 1.165) is 41.6 Å². The van der Waals surface area contributed by atoms with Crippen molar-refractivity contribution in [3.05, 3.63) is 44.2 Å². The highest BCUT2D eigenvalue weighted by Gasteiger charge is 2.45. The molecular weight excluding hydrogens is 538 g/mol. The van der Waals surface area contributed by atoms with Crippen LogP contribution in [0.15, 0.2) is 16.9 Å². The van der Waals surface area contributed by atoms with Crippen molar-refractivity contribution in [2.45, 2.75) is 58.1 Å². The summed E-state index contributed by atoms with van der Waals surface area (Å²) in [6.07, 6.45) is 2.37. The first kappa shape index (κ1) is 27.6. The molecule has 0 radical (unpaired) electrons. The Morgan fingerprint density at radius 1 is 1.18 bits per heavy atom. The zero-order valence-corrected chi connectivity index (χ0v) is 24.0. The van der Waals surface area contributed by atoms with Crippen molar-refractivity contribution in [3.8, 4) is 22.8 Å². The first-order valence-corrected chi connectivity index (χ1v) is 14.5. The van der Waals surface area contributed by atoms with E-state index in [2.05, 4.69) is 6.92 Å². The number of carbonyl (C=O) groups excluding carboxylic acids is 1. The smallest absolute Gasteiger partial charge is 0.343 e. The standard InChI is InChI=1S/C30H36ClNO8/c1-4-37-29(34)22-11-20-23(30(3)7-8-36-16-30)15-40-26-17(2)27(39-14-19-13-35-9-10-38-19)24(31)12-21(26)25(20)32(28(22)33)18-5-6-18/h11-12,18-19,23H,4-10,13-16H2,1-3H3/t19-,23?,30?/m1/s1. The Bertz CT molecular complexity index is 1350. The molecule has 1 saturated carbocycles. The summed E-state index contributed by atoms with van der Waals surface area (Å²) in [4.78, 5) is 26.9. The number of benzene rings is 1. The Kier molecular flexibility index (Phi) is 7.59. The van der Waals surface area contributed by atoms with Crippen LogP contribution in [0.2, 0.25) is 5.02 Å². The van der Waals surface area contributed by atoms with Crippen LogP contribution in [0.1, 0.15) is 66.6 Å². The van der Waals surface area contributed by atoms with Crippen molar-refractivity contribution in [1.82, 2.24) is 4.57 Å². The van der Waals surface area contributed by atoms with Gasteiger partial charge in [-0.1, -0.05) is 18.5 Å². The first-order chi connectivity index (χ1) is 19.3. The fraction of sp³-hybridized carbons (Fsp3) is 0.600. The molecule has 6 rings (SSSR count). The Labute approximate surface area is 238 Å². The van der Waals surface area contributed by atoms with Gasteiger partial charge in [0.05, 0.1) is 50.4 Å². The number of fused-ring (bicyclic) bond motifs is 3. The molecular formula is C30H36ClNO8. The molecule has 3 aliphatic heterocycles. The number of hydrogen-bond acceptors (Lipinski definition) is 8. The molecule has 2 saturated heterocycles. The lowest BCUT2D eigenvalue weighted by Crippen LogP contribution is -2.34. The van der Waals surface area contributed by atoms with E-state index in [1.807, 2.05) is 13.0 Å². The van der Waals surface area contributed by atoms with Crippen LogP contribution >= 0.6 is 11.6 Å². The maximum Gasteiger partial charge on any atom is 0.343 e. The third-order valence-electron chi connectivity index (χ3n) is 8.50. The molecule has 1 aromatic carbocycles. The number of nitrogens with zero attached hydrogens (tertiary/aromatic N) is 1. The number of rotatable bonds is 7. The first-order valence-electron chi connectivity index (χ1n) is 14.1. The largest absolute Gasteiger partial charge is 0.492 e. The molecule has 10 heteroatoms. The number of halogens is 1. The lowest BCUT2D eigenvalue weighted by molar-refractivity contribution is -0.101. The van der Waals surface area contributed by atoms with Gasteiger partial charge >= 0.3 is 5.97 Å². The molecule has 0 N–H and O–H groups in total. The van der Waals surface area contributed by atoms with Crippen LogP contribution in [-0.4, -0.2) is 69.5 Å². The minimum Gasteiger partial charge on any atom is -0.492 e. The predicted molar refractivity (Wildman–Crippen MR) is 148 cm³/mol. The monoisotopic (exact) mass is 573 g/mol. The molecule has 9 nitrogen and oxygen atoms in total. The summed E-state index contributed by atoms with van der Waals surface area (Å²) >= 11 is 6.87. The quantitative estimate of drug-likeness (QED) is 0.441. The third kappa shape index (κ3) is 4.91. The van der Waals surface area contributed by atoms with Gasteiger partial charge in [0, 0.05) is 35.1 Å². The Morgan fingerprint density at radius 3 is 2.67 bits per heavy atom. The van der Waals surface area contributed by atoms with Crippen LogP contribution in [0.5, 0.6) is 11.5 Å². The van der Waals surface area contributed by atoms with Gasteiger partial charge in [-0.2, -0.15) is 0 Å². The predicted octanol–water partition coefficient (Wildman–Crippen LogP) is 4.69. The minimum atomic E-state index is -0.603. The molecule has 0 spiro atoms. The second-order valence-electron chi connectivity index (χ2n) is 11.4. The van der Waals surface area contributed by atoms with Gasteiger partial charge in [0.25, 0.3) is 5.56 Å². The fourth-order valence-corrected chi connectivity index (χ4v) is 6.43. The van der Waals surface area contributed by atoms with Crippen molar-refractivity contribution in [2.24, 2.45) is 5.41 Å². The number of carbonyl (C=O) groups is 1. The van der Waals surface area contributed by atoms with Gasteiger partial charge in [-0.15, -0.1) is 0 Å². The number of esters is 1. The topological polar surface area (TPSA) is 94.5 Å². The summed E-state index contributed by atoms with van der Waals surface area (Å²) in [6, 6.07) is 3.55. The van der Waals surface area contributed by atoms with Crippen molar-refractivity contribution < 1.29 is 33.2 Å². The number of ether oxygens (including phenoxy) is 6. The molecule has 1 aliphatic carbocycles. The lowest BCUT2D eigenvalue weighted by Gasteiger charge is -2.33. The molecule has 4 heterocycles. The average molecular weight is 574 g/mol. The van der Waals surface area contributed by atoms with E-state index in [-0.39, 0.29) is 41.2 Å². The average Bonchev–Trinajstić information content (AvgIpc) is 3.71. The Hall–Kier alpha value is -2.59. The van der Waals surface area contributed by atoms with E-state index in [1.165, 1.54) is 0 Å². The number of aromatic nitrogens is 1. The summed E-state index contributed by atoms with van der Waals surface area (Å²) in [5.74, 6) is 0.415. The van der Waals surface area contributed by atoms with E-state index in [0.29, 0.717) is 62.8 Å². The van der Waals surface area contributed by atoms with Crippen LogP contribution in [0.25, 0.3) is 11.3 Å². The Morgan fingerprint density at radius 2 is 2.00 bits per heavy atom. The third-order valence-corrected chi connectivity index (χ3v) is 8.78. The summed E-state index contributed by atoms with van der Waals surface area (Å²) in [5, 5.41) is 0.417. The highest BCUT2D eigenvalue weighted by atomic mass is 35.5. The summed E-state index contributed by atoms with van der Waals surface area (Å²) in [7, 11) is 0. The van der Waals surface area contributed by atoms with E-state index < -0.39 is 5.97 Å². The van der Waals surface area contributed by atoms with E-state index in [9.17, 15) is 9.59 Å². The van der Waals surface area contributed by atoms with E-state index >= 15 is 0 Å². The lowest BCUT2D eigenvalue weighted by atomic mass is 9.72. The van der Waals surface area contributed by atoms with Gasteiger partial charge in [-0.3, -0.25) is 4.79 Å². The zero-order chi connectivity index (χ0) is 28.0. The van der Waals surface area contributed by atoms with Crippen LogP contribution in [0.4, 0.5) is 0 Å². The molecule has 3 atom stereocenters. The summed E-state index contributed by atoms with van der Waals surface area (Å²) in [5.41, 5.74) is 2.59. The van der Waals surface area contributed by atoms with Gasteiger partial charge in [0.1, 0.15) is 29.8 Å². The van der Waals surface area contributed by atoms with Crippen molar-refractivity contribution in [1.29, 1.82) is 0 Å². The van der Waals surface area contributed by atoms with E-state index in [4.69, 9.17) is 40.0 Å². The van der Waals surface area contributed by atoms with Crippen LogP contribution in [-0.2, 0) is 18.9 Å². The zero-order valence-electron chi connectivity index (χ0n) is 23.3. The molecule has 216 valence electrons. The molecule has 4 aliphatic rings. The number of hydrogen-bond donors (Lipinski definition) is 0. The molecule has 40 heavy (non-hydrogen) atoms. The number of pyridine rings is 1. The van der Waals surface area contributed by atoms with Crippen LogP contribution in [0.3, 0.4) is 0 Å². The molecule has 3 fully saturated rings. The summed E-state index contributed by atoms with van der Waals surface area (Å²) in [6.45, 7) is 9.47. The molecule has 0 amide bonds. The van der Waals surface area contributed by atoms with Gasteiger partial charge in [0.2, 0.25) is 0 Å². The van der Waals surface area contributed by atoms with E-state index in [1.54, 1.807) is 17.6 Å². The van der Waals surface area contributed by atoms with Crippen molar-refractivity contribution in [2.75, 3.05) is 52.9 Å². The fourth-order valence-electron chi connectivity index (χ4n) is 6.12. The molecule has 1 aromatic heterocycles. The maximum absolute atomic E-state index is 13.9. The van der Waals surface area contributed by atoms with Gasteiger partial charge in [-0.05, 0) is 50.8 Å². The Balaban J connectivity index is 1.52. The van der Waals surface area contributed by atoms with Gasteiger partial charge in [0.15, 0.2) is 0 Å². The minimum absolute atomic E-state index is 0.00619. The highest BCUT2D eigenvalue weighted by molar-refractivity contribution is 6.32. The second-order valence-corrected chi connectivity index (χ2v) is 11.8. The van der Waals surface area contributed by atoms with Gasteiger partial charge < -0.3 is 33.0 Å². The molecule has 2 aromatic rings. The summed E-state index contributed by atoms with van der Waals surface area (Å²) < 4.78 is 37.0. The normalized spacial score (nSPS) is 25.9. The molecule has 2 unspecified atom stereocenters. The van der Waals surface area contributed by atoms with Gasteiger partial charge in [-0.25, -0.2) is 4.79 Å². The SMILES string of the molecule is CCOC(=O)c1cc2c(n(C3CC3)c1=O)-c1cc(Cl)c(OC[C@H]3COCCO3)c(C)c1OCC2C1(C)CCOC1. The van der Waals surface area contributed by atoms with Crippen LogP contribution in [0, 0.1) is 12.3 Å². The molecule has 0 bridgehead atoms. The maximum atomic E-state index is 13.9. The highest BCUT2D eigenvalue weighted by Crippen LogP contribution is 2.53. The van der Waals surface area contributed by atoms with Crippen LogP contribution < -0.4 is 15.0 Å².